The van der Waals surface area contributed by atoms with Crippen LogP contribution in [0.3, 0.4) is 0 Å². The van der Waals surface area contributed by atoms with Gasteiger partial charge in [0.2, 0.25) is 21.9 Å². The van der Waals surface area contributed by atoms with Crippen LogP contribution in [0.4, 0.5) is 34.9 Å². The predicted octanol–water partition coefficient (Wildman–Crippen LogP) is 5.92. The minimum atomic E-state index is -3.87. The minimum absolute atomic E-state index is 0.0309. The molecule has 0 bridgehead atoms. The minimum Gasteiger partial charge on any atom is -0.324 e. The van der Waals surface area contributed by atoms with Crippen molar-refractivity contribution in [1.82, 2.24) is 15.0 Å². The highest BCUT2D eigenvalue weighted by Crippen LogP contribution is 2.37. The molecular weight excluding hydrogens is 618 g/mol. The molecule has 0 saturated carbocycles. The third-order valence-electron chi connectivity index (χ3n) is 6.87. The summed E-state index contributed by atoms with van der Waals surface area (Å²) < 4.78 is 23.4. The fraction of sp³-hybridized carbons (Fsp3) is 0.0667. The molecule has 2 heterocycles. The monoisotopic (exact) mass is 641 g/mol. The summed E-state index contributed by atoms with van der Waals surface area (Å²) in [6, 6.07) is 28.3. The smallest absolute Gasteiger partial charge is 0.269 e. The quantitative estimate of drug-likeness (QED) is 0.129. The number of sulfonamides is 1. The average molecular weight is 642 g/mol. The number of aromatic nitrogens is 3. The molecule has 0 fully saturated rings. The van der Waals surface area contributed by atoms with Crippen molar-refractivity contribution in [2.24, 2.45) is 10.2 Å². The van der Waals surface area contributed by atoms with Gasteiger partial charge < -0.3 is 10.6 Å². The van der Waals surface area contributed by atoms with Crippen LogP contribution in [-0.4, -0.2) is 34.0 Å². The van der Waals surface area contributed by atoms with Gasteiger partial charge in [-0.1, -0.05) is 54.1 Å². The van der Waals surface area contributed by atoms with Gasteiger partial charge in [0.05, 0.1) is 21.6 Å². The second kappa shape index (κ2) is 12.3. The highest BCUT2D eigenvalue weighted by Gasteiger charge is 2.33. The molecule has 1 unspecified atom stereocenters. The molecule has 0 amide bonds. The van der Waals surface area contributed by atoms with Gasteiger partial charge in [0, 0.05) is 35.0 Å². The summed E-state index contributed by atoms with van der Waals surface area (Å²) in [4.78, 5) is 24.7. The molecule has 45 heavy (non-hydrogen) atoms. The van der Waals surface area contributed by atoms with Gasteiger partial charge in [-0.25, -0.2) is 18.6 Å². The van der Waals surface area contributed by atoms with E-state index in [1.54, 1.807) is 41.4 Å². The molecule has 6 rings (SSSR count). The Kier molecular flexibility index (Phi) is 8.08. The second-order valence-electron chi connectivity index (χ2n) is 9.93. The Bertz CT molecular complexity index is 1990. The number of para-hydroxylation sites is 1. The van der Waals surface area contributed by atoms with E-state index in [9.17, 15) is 18.5 Å². The zero-order chi connectivity index (χ0) is 31.6. The van der Waals surface area contributed by atoms with E-state index in [4.69, 9.17) is 21.8 Å². The number of nitro benzene ring substituents is 1. The van der Waals surface area contributed by atoms with Crippen molar-refractivity contribution >= 4 is 62.2 Å². The molecule has 5 aromatic rings. The Balaban J connectivity index is 1.42. The van der Waals surface area contributed by atoms with Gasteiger partial charge in [0.25, 0.3) is 11.6 Å². The van der Waals surface area contributed by atoms with E-state index in [0.29, 0.717) is 17.1 Å². The van der Waals surface area contributed by atoms with Crippen LogP contribution in [0, 0.1) is 10.1 Å². The number of benzene rings is 4. The SMILES string of the molecule is NS(=O)(=O)c1ccc(Nc2nc(Nc3ccccc3)nc(N3N=C(c4ccc(Cl)cc4)CC3c3ccc([N+](=O)[O-])cc3)n2)cc1. The van der Waals surface area contributed by atoms with E-state index >= 15 is 0 Å². The molecule has 1 aliphatic rings. The molecule has 1 aromatic heterocycles. The lowest BCUT2D eigenvalue weighted by molar-refractivity contribution is -0.384. The highest BCUT2D eigenvalue weighted by atomic mass is 35.5. The Morgan fingerprint density at radius 3 is 2.00 bits per heavy atom. The first-order valence-electron chi connectivity index (χ1n) is 13.5. The van der Waals surface area contributed by atoms with Crippen LogP contribution in [0.2, 0.25) is 5.02 Å². The summed E-state index contributed by atoms with van der Waals surface area (Å²) in [7, 11) is -3.87. The summed E-state index contributed by atoms with van der Waals surface area (Å²) in [5.41, 5.74) is 3.55. The molecule has 4 aromatic carbocycles. The average Bonchev–Trinajstić information content (AvgIpc) is 3.47. The lowest BCUT2D eigenvalue weighted by Gasteiger charge is -2.22. The molecule has 13 nitrogen and oxygen atoms in total. The number of halogens is 1. The first kappa shape index (κ1) is 29.6. The van der Waals surface area contributed by atoms with Crippen LogP contribution in [0.5, 0.6) is 0 Å². The highest BCUT2D eigenvalue weighted by molar-refractivity contribution is 7.89. The summed E-state index contributed by atoms with van der Waals surface area (Å²) in [5, 5.41) is 30.0. The van der Waals surface area contributed by atoms with Crippen molar-refractivity contribution in [1.29, 1.82) is 0 Å². The maximum Gasteiger partial charge on any atom is 0.269 e. The molecule has 226 valence electrons. The summed E-state index contributed by atoms with van der Waals surface area (Å²) in [6.07, 6.45) is 0.449. The number of nitrogens with zero attached hydrogens (tertiary/aromatic N) is 6. The zero-order valence-electron chi connectivity index (χ0n) is 23.3. The molecule has 4 N–H and O–H groups in total. The van der Waals surface area contributed by atoms with Crippen molar-refractivity contribution in [3.63, 3.8) is 0 Å². The maximum atomic E-state index is 11.7. The lowest BCUT2D eigenvalue weighted by atomic mass is 9.98. The van der Waals surface area contributed by atoms with Crippen LogP contribution in [0.15, 0.2) is 113 Å². The first-order chi connectivity index (χ1) is 21.6. The van der Waals surface area contributed by atoms with E-state index in [1.807, 2.05) is 42.5 Å². The third kappa shape index (κ3) is 6.88. The standard InChI is InChI=1S/C30H24ClN9O4S/c31-21-10-6-19(7-11-21)26-18-27(20-8-14-24(15-9-20)40(41)42)39(38-26)30-36-28(33-22-4-2-1-3-5-22)35-29(37-30)34-23-12-16-25(17-13-23)45(32,43)44/h1-17,27H,18H2,(H2,32,43,44)(H2,33,34,35,36,37). The van der Waals surface area contributed by atoms with Gasteiger partial charge in [0.15, 0.2) is 0 Å². The van der Waals surface area contributed by atoms with Crippen LogP contribution in [0.25, 0.3) is 0 Å². The normalized spacial score (nSPS) is 14.6. The van der Waals surface area contributed by atoms with E-state index in [2.05, 4.69) is 25.6 Å². The molecule has 1 atom stereocenters. The van der Waals surface area contributed by atoms with Gasteiger partial charge in [-0.3, -0.25) is 10.1 Å². The second-order valence-corrected chi connectivity index (χ2v) is 11.9. The topological polar surface area (TPSA) is 182 Å². The van der Waals surface area contributed by atoms with Crippen LogP contribution in [-0.2, 0) is 10.0 Å². The van der Waals surface area contributed by atoms with Crippen LogP contribution >= 0.6 is 11.6 Å². The number of anilines is 5. The molecule has 0 spiro atoms. The summed E-state index contributed by atoms with van der Waals surface area (Å²) in [6.45, 7) is 0. The molecule has 15 heteroatoms. The van der Waals surface area contributed by atoms with Gasteiger partial charge >= 0.3 is 0 Å². The van der Waals surface area contributed by atoms with Crippen molar-refractivity contribution in [3.05, 3.63) is 129 Å². The zero-order valence-corrected chi connectivity index (χ0v) is 24.9. The molecule has 0 radical (unpaired) electrons. The number of primary sulfonamides is 1. The van der Waals surface area contributed by atoms with Crippen LogP contribution < -0.4 is 20.8 Å². The summed E-state index contributed by atoms with van der Waals surface area (Å²) >= 11 is 6.12. The third-order valence-corrected chi connectivity index (χ3v) is 8.06. The number of hydrogen-bond acceptors (Lipinski definition) is 11. The van der Waals surface area contributed by atoms with E-state index in [1.165, 1.54) is 24.3 Å². The number of nitro groups is 1. The first-order valence-corrected chi connectivity index (χ1v) is 15.4. The van der Waals surface area contributed by atoms with Gasteiger partial charge in [-0.2, -0.15) is 20.1 Å². The maximum absolute atomic E-state index is 11.7. The van der Waals surface area contributed by atoms with E-state index in [-0.39, 0.29) is 28.4 Å². The fourth-order valence-corrected chi connectivity index (χ4v) is 5.32. The molecule has 0 aliphatic carbocycles. The molecule has 1 aliphatic heterocycles. The number of rotatable bonds is 9. The molecule has 0 saturated heterocycles. The fourth-order valence-electron chi connectivity index (χ4n) is 4.68. The number of non-ortho nitro benzene ring substituents is 1. The number of nitrogens with two attached hydrogens (primary N) is 1. The largest absolute Gasteiger partial charge is 0.324 e. The van der Waals surface area contributed by atoms with Gasteiger partial charge in [-0.05, 0) is 59.7 Å². The Morgan fingerprint density at radius 1 is 0.822 bits per heavy atom. The summed E-state index contributed by atoms with van der Waals surface area (Å²) in [5.74, 6) is 0.561. The lowest BCUT2D eigenvalue weighted by Crippen LogP contribution is -2.22. The van der Waals surface area contributed by atoms with Crippen molar-refractivity contribution in [2.45, 2.75) is 17.4 Å². The van der Waals surface area contributed by atoms with Gasteiger partial charge in [-0.15, -0.1) is 0 Å². The number of hydrogen-bond donors (Lipinski definition) is 3. The predicted molar refractivity (Wildman–Crippen MR) is 172 cm³/mol. The van der Waals surface area contributed by atoms with Crippen molar-refractivity contribution in [3.8, 4) is 0 Å². The van der Waals surface area contributed by atoms with Crippen molar-refractivity contribution < 1.29 is 13.3 Å². The van der Waals surface area contributed by atoms with Crippen molar-refractivity contribution in [2.75, 3.05) is 15.6 Å². The van der Waals surface area contributed by atoms with E-state index in [0.717, 1.165) is 22.5 Å². The number of hydrazone groups is 1. The Labute approximate surface area is 262 Å². The van der Waals surface area contributed by atoms with E-state index < -0.39 is 21.0 Å². The Morgan fingerprint density at radius 2 is 1.42 bits per heavy atom. The number of nitrogens with one attached hydrogen (secondary N) is 2. The van der Waals surface area contributed by atoms with Gasteiger partial charge in [0.1, 0.15) is 0 Å². The van der Waals surface area contributed by atoms with Crippen LogP contribution in [0.1, 0.15) is 23.6 Å². The Hall–Kier alpha value is -5.44. The molecular formula is C30H24ClN9O4S.